The predicted octanol–water partition coefficient (Wildman–Crippen LogP) is 3.73. The van der Waals surface area contributed by atoms with Gasteiger partial charge in [0, 0.05) is 19.3 Å². The molecule has 4 rings (SSSR count). The fourth-order valence-corrected chi connectivity index (χ4v) is 4.71. The molecule has 0 aromatic heterocycles. The number of hydroxylamine groups is 1. The number of carbonyl (C=O) groups is 1. The average Bonchev–Trinajstić information content (AvgIpc) is 3.14. The molecule has 1 aromatic rings. The molecule has 2 aliphatic heterocycles. The molecule has 1 aliphatic carbocycles. The van der Waals surface area contributed by atoms with Gasteiger partial charge in [0.1, 0.15) is 5.75 Å². The summed E-state index contributed by atoms with van der Waals surface area (Å²) in [5.41, 5.74) is 0.441. The Bertz CT molecular complexity index is 1150. The number of hydrogen-bond acceptors (Lipinski definition) is 7. The van der Waals surface area contributed by atoms with E-state index in [2.05, 4.69) is 4.99 Å². The van der Waals surface area contributed by atoms with Gasteiger partial charge in [-0.15, -0.1) is 5.48 Å². The van der Waals surface area contributed by atoms with E-state index in [9.17, 15) is 39.6 Å². The molecule has 1 aromatic carbocycles. The average molecular weight is 546 g/mol. The van der Waals surface area contributed by atoms with Crippen LogP contribution in [0.2, 0.25) is 0 Å². The summed E-state index contributed by atoms with van der Waals surface area (Å²) in [5.74, 6) is -1.74. The number of piperidine rings is 1. The van der Waals surface area contributed by atoms with Crippen LogP contribution in [0.3, 0.4) is 0 Å². The zero-order valence-corrected chi connectivity index (χ0v) is 20.5. The van der Waals surface area contributed by atoms with E-state index >= 15 is 0 Å². The molecule has 4 unspecified atom stereocenters. The Balaban J connectivity index is 0.00000176. The van der Waals surface area contributed by atoms with Crippen molar-refractivity contribution in [2.75, 3.05) is 19.3 Å². The van der Waals surface area contributed by atoms with Crippen LogP contribution in [-0.2, 0) is 14.7 Å². The van der Waals surface area contributed by atoms with Gasteiger partial charge in [-0.25, -0.2) is 13.4 Å². The minimum atomic E-state index is -4.74. The number of ether oxygens (including phenoxy) is 1. The number of fused-ring (bicyclic) bond motifs is 1. The molecule has 3 aliphatic rings. The molecule has 36 heavy (non-hydrogen) atoms. The SMILES string of the molecule is CC.CC(Oc1ccc(S(C)(=O)=O)cc1C(=O)N1CC2CC2(C2=NC(C(F)(F)F)NO2)C1)C(F)(F)F. The molecule has 8 nitrogen and oxygen atoms in total. The van der Waals surface area contributed by atoms with E-state index in [0.29, 0.717) is 6.42 Å². The first-order valence-electron chi connectivity index (χ1n) is 11.0. The maximum atomic E-state index is 13.2. The second-order valence-electron chi connectivity index (χ2n) is 8.57. The van der Waals surface area contributed by atoms with Crippen LogP contribution in [0.5, 0.6) is 5.75 Å². The lowest BCUT2D eigenvalue weighted by molar-refractivity contribution is -0.189. The second-order valence-corrected chi connectivity index (χ2v) is 10.6. The van der Waals surface area contributed by atoms with Gasteiger partial charge in [0.05, 0.1) is 15.9 Å². The lowest BCUT2D eigenvalue weighted by Gasteiger charge is -2.24. The molecule has 0 spiro atoms. The highest BCUT2D eigenvalue weighted by Crippen LogP contribution is 2.59. The number of nitrogens with zero attached hydrogens (tertiary/aromatic N) is 2. The monoisotopic (exact) mass is 545 g/mol. The molecule has 4 atom stereocenters. The summed E-state index contributed by atoms with van der Waals surface area (Å²) in [6, 6.07) is 2.93. The summed E-state index contributed by atoms with van der Waals surface area (Å²) in [6.45, 7) is 4.71. The smallest absolute Gasteiger partial charge is 0.427 e. The molecule has 0 radical (unpaired) electrons. The Morgan fingerprint density at radius 2 is 1.89 bits per heavy atom. The topological polar surface area (TPSA) is 97.3 Å². The minimum absolute atomic E-state index is 0.0786. The molecular weight excluding hydrogens is 520 g/mol. The fraction of sp³-hybridized carbons (Fsp3) is 0.619. The normalized spacial score (nSPS) is 26.3. The Hall–Kier alpha value is -2.55. The van der Waals surface area contributed by atoms with Crippen LogP contribution in [0.25, 0.3) is 0 Å². The summed E-state index contributed by atoms with van der Waals surface area (Å²) < 4.78 is 106. The first-order valence-corrected chi connectivity index (χ1v) is 12.9. The fourth-order valence-electron chi connectivity index (χ4n) is 4.06. The van der Waals surface area contributed by atoms with Gasteiger partial charge >= 0.3 is 12.4 Å². The first-order chi connectivity index (χ1) is 16.5. The van der Waals surface area contributed by atoms with Crippen LogP contribution in [0.15, 0.2) is 28.1 Å². The van der Waals surface area contributed by atoms with E-state index in [1.807, 2.05) is 13.8 Å². The molecule has 0 bridgehead atoms. The van der Waals surface area contributed by atoms with Crippen LogP contribution >= 0.6 is 0 Å². The van der Waals surface area contributed by atoms with Crippen molar-refractivity contribution in [1.29, 1.82) is 0 Å². The van der Waals surface area contributed by atoms with E-state index in [-0.39, 0.29) is 29.8 Å². The summed E-state index contributed by atoms with van der Waals surface area (Å²) >= 11 is 0. The standard InChI is InChI=1S/C19H19F6N3O5S.C2H6/c1-9(18(20,21)22)32-13-4-3-11(34(2,30)31)5-12(13)14(29)28-7-10-6-17(10,8-28)16-26-15(27-33-16)19(23,24)25;1-2/h3-5,9-10,15,27H,6-8H2,1-2H3;1-2H3. The Morgan fingerprint density at radius 1 is 1.25 bits per heavy atom. The van der Waals surface area contributed by atoms with Crippen molar-refractivity contribution >= 4 is 21.6 Å². The van der Waals surface area contributed by atoms with Crippen LogP contribution in [0, 0.1) is 11.3 Å². The number of halogens is 6. The van der Waals surface area contributed by atoms with Gasteiger partial charge in [0.25, 0.3) is 5.91 Å². The number of likely N-dealkylation sites (tertiary alicyclic amines) is 1. The van der Waals surface area contributed by atoms with Crippen molar-refractivity contribution in [3.8, 4) is 5.75 Å². The summed E-state index contributed by atoms with van der Waals surface area (Å²) in [4.78, 5) is 22.6. The summed E-state index contributed by atoms with van der Waals surface area (Å²) in [7, 11) is -3.81. The van der Waals surface area contributed by atoms with Gasteiger partial charge in [-0.1, -0.05) is 13.8 Å². The van der Waals surface area contributed by atoms with Crippen LogP contribution in [0.4, 0.5) is 26.3 Å². The van der Waals surface area contributed by atoms with Gasteiger partial charge in [-0.05, 0) is 37.5 Å². The number of amides is 1. The van der Waals surface area contributed by atoms with Gasteiger partial charge in [-0.2, -0.15) is 26.3 Å². The number of nitrogens with one attached hydrogen (secondary N) is 1. The second kappa shape index (κ2) is 9.39. The third kappa shape index (κ3) is 5.41. The lowest BCUT2D eigenvalue weighted by atomic mass is 10.1. The summed E-state index contributed by atoms with van der Waals surface area (Å²) in [6.07, 6.45) is -12.7. The number of carbonyl (C=O) groups excluding carboxylic acids is 1. The van der Waals surface area contributed by atoms with Crippen molar-refractivity contribution in [3.63, 3.8) is 0 Å². The Kier molecular flexibility index (Phi) is 7.31. The maximum absolute atomic E-state index is 13.2. The third-order valence-electron chi connectivity index (χ3n) is 6.06. The third-order valence-corrected chi connectivity index (χ3v) is 7.17. The molecule has 1 saturated heterocycles. The highest BCUT2D eigenvalue weighted by molar-refractivity contribution is 7.90. The van der Waals surface area contributed by atoms with E-state index in [0.717, 1.165) is 31.4 Å². The van der Waals surface area contributed by atoms with E-state index in [1.165, 1.54) is 4.90 Å². The number of hydrogen-bond donors (Lipinski definition) is 1. The van der Waals surface area contributed by atoms with E-state index in [4.69, 9.17) is 9.57 Å². The molecule has 202 valence electrons. The Morgan fingerprint density at radius 3 is 2.42 bits per heavy atom. The molecule has 1 N–H and O–H groups in total. The minimum Gasteiger partial charge on any atom is -0.480 e. The van der Waals surface area contributed by atoms with Crippen LogP contribution < -0.4 is 10.2 Å². The maximum Gasteiger partial charge on any atom is 0.427 e. The van der Waals surface area contributed by atoms with E-state index < -0.39 is 57.1 Å². The molecular formula is C21H25F6N3O5S. The highest BCUT2D eigenvalue weighted by atomic mass is 32.2. The number of sulfone groups is 1. The number of rotatable bonds is 5. The zero-order chi connectivity index (χ0) is 27.3. The number of alkyl halides is 6. The highest BCUT2D eigenvalue weighted by Gasteiger charge is 2.67. The molecule has 2 heterocycles. The van der Waals surface area contributed by atoms with Gasteiger partial charge in [0.15, 0.2) is 15.9 Å². The van der Waals surface area contributed by atoms with Crippen molar-refractivity contribution in [3.05, 3.63) is 23.8 Å². The number of aliphatic imine (C=N–C) groups is 1. The number of benzene rings is 1. The van der Waals surface area contributed by atoms with E-state index in [1.54, 1.807) is 5.48 Å². The Labute approximate surface area is 203 Å². The van der Waals surface area contributed by atoms with Crippen molar-refractivity contribution in [2.45, 2.75) is 56.7 Å². The quantitative estimate of drug-likeness (QED) is 0.567. The van der Waals surface area contributed by atoms with Crippen molar-refractivity contribution in [1.82, 2.24) is 10.4 Å². The zero-order valence-electron chi connectivity index (χ0n) is 19.7. The predicted molar refractivity (Wildman–Crippen MR) is 115 cm³/mol. The van der Waals surface area contributed by atoms with Crippen molar-refractivity contribution < 1.29 is 49.1 Å². The molecule has 15 heteroatoms. The first kappa shape index (κ1) is 28.0. The lowest BCUT2D eigenvalue weighted by Crippen LogP contribution is -2.37. The molecule has 1 amide bonds. The van der Waals surface area contributed by atoms with Crippen LogP contribution in [-0.4, -0.2) is 69.1 Å². The largest absolute Gasteiger partial charge is 0.480 e. The summed E-state index contributed by atoms with van der Waals surface area (Å²) in [5, 5.41) is 0. The molecule has 2 fully saturated rings. The molecule has 1 saturated carbocycles. The van der Waals surface area contributed by atoms with Gasteiger partial charge in [-0.3, -0.25) is 4.79 Å². The van der Waals surface area contributed by atoms with Gasteiger partial charge < -0.3 is 14.5 Å². The van der Waals surface area contributed by atoms with Crippen molar-refractivity contribution in [2.24, 2.45) is 16.3 Å². The van der Waals surface area contributed by atoms with Crippen LogP contribution in [0.1, 0.15) is 37.6 Å². The van der Waals surface area contributed by atoms with Gasteiger partial charge in [0.2, 0.25) is 12.1 Å².